The molecule has 4 nitrogen and oxygen atoms in total. The summed E-state index contributed by atoms with van der Waals surface area (Å²) in [6.07, 6.45) is -0.0603. The molecule has 0 bridgehead atoms. The summed E-state index contributed by atoms with van der Waals surface area (Å²) < 4.78 is 19.0. The standard InChI is InChI=1S/C26H23FN2O2/c1-17-18(14-19(27)15-25(17)28)8-6-7-13-29-26(30)31-16-24-22-11-4-2-9-20(22)21-10-3-5-12-23(21)24/h2-5,9-12,14-15,24H,7,13,16,28H2,1H3,(H,29,30). The third kappa shape index (κ3) is 4.39. The van der Waals surface area contributed by atoms with Crippen molar-refractivity contribution >= 4 is 11.8 Å². The van der Waals surface area contributed by atoms with Gasteiger partial charge in [0.1, 0.15) is 12.4 Å². The van der Waals surface area contributed by atoms with Gasteiger partial charge in [-0.25, -0.2) is 9.18 Å². The second kappa shape index (κ2) is 8.93. The molecule has 1 aliphatic carbocycles. The number of anilines is 1. The van der Waals surface area contributed by atoms with Crippen LogP contribution in [-0.4, -0.2) is 19.2 Å². The van der Waals surface area contributed by atoms with Crippen molar-refractivity contribution in [2.24, 2.45) is 0 Å². The third-order valence-corrected chi connectivity index (χ3v) is 5.50. The lowest BCUT2D eigenvalue weighted by atomic mass is 9.98. The van der Waals surface area contributed by atoms with Crippen LogP contribution in [0.2, 0.25) is 0 Å². The third-order valence-electron chi connectivity index (χ3n) is 5.50. The van der Waals surface area contributed by atoms with E-state index in [2.05, 4.69) is 41.4 Å². The molecule has 1 aliphatic rings. The predicted octanol–water partition coefficient (Wildman–Crippen LogP) is 5.00. The summed E-state index contributed by atoms with van der Waals surface area (Å²) in [7, 11) is 0. The van der Waals surface area contributed by atoms with Crippen molar-refractivity contribution in [3.8, 4) is 23.0 Å². The van der Waals surface area contributed by atoms with Crippen molar-refractivity contribution < 1.29 is 13.9 Å². The number of carbonyl (C=O) groups is 1. The molecule has 5 heteroatoms. The van der Waals surface area contributed by atoms with Crippen molar-refractivity contribution in [2.45, 2.75) is 19.3 Å². The minimum atomic E-state index is -0.477. The van der Waals surface area contributed by atoms with Crippen LogP contribution in [-0.2, 0) is 4.74 Å². The molecule has 3 aromatic rings. The maximum absolute atomic E-state index is 13.5. The first-order valence-corrected chi connectivity index (χ1v) is 10.2. The highest BCUT2D eigenvalue weighted by Crippen LogP contribution is 2.44. The smallest absolute Gasteiger partial charge is 0.407 e. The first kappa shape index (κ1) is 20.5. The molecule has 0 atom stereocenters. The first-order chi connectivity index (χ1) is 15.0. The van der Waals surface area contributed by atoms with Crippen molar-refractivity contribution in [2.75, 3.05) is 18.9 Å². The van der Waals surface area contributed by atoms with Gasteiger partial charge >= 0.3 is 6.09 Å². The quantitative estimate of drug-likeness (QED) is 0.359. The van der Waals surface area contributed by atoms with Crippen LogP contribution in [0.5, 0.6) is 0 Å². The summed E-state index contributed by atoms with van der Waals surface area (Å²) >= 11 is 0. The van der Waals surface area contributed by atoms with Gasteiger partial charge in [-0.1, -0.05) is 60.4 Å². The number of nitrogens with one attached hydrogen (secondary N) is 1. The van der Waals surface area contributed by atoms with Crippen molar-refractivity contribution in [1.82, 2.24) is 5.32 Å². The van der Waals surface area contributed by atoms with E-state index in [1.807, 2.05) is 24.3 Å². The van der Waals surface area contributed by atoms with Gasteiger partial charge in [-0.05, 0) is 46.9 Å². The van der Waals surface area contributed by atoms with Gasteiger partial charge in [0.15, 0.2) is 0 Å². The number of hydrogen-bond donors (Lipinski definition) is 2. The van der Waals surface area contributed by atoms with Crippen molar-refractivity contribution in [3.63, 3.8) is 0 Å². The lowest BCUT2D eigenvalue weighted by Gasteiger charge is -2.14. The monoisotopic (exact) mass is 414 g/mol. The minimum absolute atomic E-state index is 0.0272. The average Bonchev–Trinajstić information content (AvgIpc) is 3.09. The molecule has 0 saturated carbocycles. The molecule has 0 unspecified atom stereocenters. The summed E-state index contributed by atoms with van der Waals surface area (Å²) in [5.41, 5.74) is 12.2. The van der Waals surface area contributed by atoms with Gasteiger partial charge < -0.3 is 15.8 Å². The van der Waals surface area contributed by atoms with E-state index in [9.17, 15) is 9.18 Å². The molecule has 1 amide bonds. The Kier molecular flexibility index (Phi) is 5.90. The topological polar surface area (TPSA) is 64.3 Å². The van der Waals surface area contributed by atoms with Crippen LogP contribution in [0.15, 0.2) is 60.7 Å². The maximum Gasteiger partial charge on any atom is 0.407 e. The van der Waals surface area contributed by atoms with E-state index in [0.29, 0.717) is 24.2 Å². The second-order valence-electron chi connectivity index (χ2n) is 7.47. The lowest BCUT2D eigenvalue weighted by Crippen LogP contribution is -2.26. The summed E-state index contributed by atoms with van der Waals surface area (Å²) in [5, 5.41) is 2.72. The van der Waals surface area contributed by atoms with Gasteiger partial charge in [0, 0.05) is 30.1 Å². The fourth-order valence-electron chi connectivity index (χ4n) is 3.86. The van der Waals surface area contributed by atoms with Crippen LogP contribution < -0.4 is 11.1 Å². The molecule has 4 rings (SSSR count). The number of halogens is 1. The number of carbonyl (C=O) groups excluding carboxylic acids is 1. The SMILES string of the molecule is Cc1c(N)cc(F)cc1C#CCCNC(=O)OCC1c2ccccc2-c2ccccc21. The maximum atomic E-state index is 13.5. The Morgan fingerprint density at radius 3 is 2.42 bits per heavy atom. The molecule has 156 valence electrons. The van der Waals surface area contributed by atoms with Gasteiger partial charge in [-0.3, -0.25) is 0 Å². The first-order valence-electron chi connectivity index (χ1n) is 10.2. The molecule has 3 aromatic carbocycles. The fraction of sp³-hybridized carbons (Fsp3) is 0.192. The molecule has 0 heterocycles. The number of rotatable bonds is 4. The van der Waals surface area contributed by atoms with Crippen molar-refractivity contribution in [1.29, 1.82) is 0 Å². The summed E-state index contributed by atoms with van der Waals surface area (Å²) in [6, 6.07) is 19.0. The number of fused-ring (bicyclic) bond motifs is 3. The molecule has 0 saturated heterocycles. The summed E-state index contributed by atoms with van der Waals surface area (Å²) in [4.78, 5) is 12.2. The Balaban J connectivity index is 1.30. The Morgan fingerprint density at radius 2 is 1.74 bits per heavy atom. The zero-order chi connectivity index (χ0) is 21.8. The number of benzene rings is 3. The molecule has 0 aliphatic heterocycles. The van der Waals surface area contributed by atoms with Crippen molar-refractivity contribution in [3.05, 3.63) is 88.7 Å². The molecule has 0 radical (unpaired) electrons. The van der Waals surface area contributed by atoms with E-state index in [-0.39, 0.29) is 12.5 Å². The number of ether oxygens (including phenoxy) is 1. The molecule has 0 fully saturated rings. The number of amides is 1. The van der Waals surface area contributed by atoms with Crippen LogP contribution in [0.25, 0.3) is 11.1 Å². The number of alkyl carbamates (subject to hydrolysis) is 1. The highest BCUT2D eigenvalue weighted by Gasteiger charge is 2.28. The van der Waals surface area contributed by atoms with E-state index >= 15 is 0 Å². The predicted molar refractivity (Wildman–Crippen MR) is 120 cm³/mol. The summed E-state index contributed by atoms with van der Waals surface area (Å²) in [5.74, 6) is 5.45. The van der Waals surface area contributed by atoms with Crippen LogP contribution in [0.4, 0.5) is 14.9 Å². The van der Waals surface area contributed by atoms with Crippen LogP contribution in [0.1, 0.15) is 34.6 Å². The summed E-state index contributed by atoms with van der Waals surface area (Å²) in [6.45, 7) is 2.41. The number of hydrogen-bond acceptors (Lipinski definition) is 3. The van der Waals surface area contributed by atoms with E-state index in [4.69, 9.17) is 10.5 Å². The molecular weight excluding hydrogens is 391 g/mol. The average molecular weight is 414 g/mol. The van der Waals surface area contributed by atoms with Crippen LogP contribution in [0.3, 0.4) is 0 Å². The molecule has 3 N–H and O–H groups in total. The Hall–Kier alpha value is -3.78. The van der Waals surface area contributed by atoms with E-state index < -0.39 is 11.9 Å². The number of nitrogen functional groups attached to an aromatic ring is 1. The largest absolute Gasteiger partial charge is 0.449 e. The zero-order valence-electron chi connectivity index (χ0n) is 17.2. The Bertz CT molecular complexity index is 1150. The van der Waals surface area contributed by atoms with E-state index in [1.54, 1.807) is 6.92 Å². The fourth-order valence-corrected chi connectivity index (χ4v) is 3.86. The molecule has 31 heavy (non-hydrogen) atoms. The lowest BCUT2D eigenvalue weighted by molar-refractivity contribution is 0.143. The highest BCUT2D eigenvalue weighted by atomic mass is 19.1. The van der Waals surface area contributed by atoms with Gasteiger partial charge in [0.2, 0.25) is 0 Å². The van der Waals surface area contributed by atoms with Gasteiger partial charge in [0.05, 0.1) is 0 Å². The Labute approximate surface area is 181 Å². The Morgan fingerprint density at radius 1 is 1.10 bits per heavy atom. The van der Waals surface area contributed by atoms with E-state index in [1.165, 1.54) is 34.4 Å². The molecular formula is C26H23FN2O2. The van der Waals surface area contributed by atoms with Gasteiger partial charge in [-0.2, -0.15) is 0 Å². The van der Waals surface area contributed by atoms with Gasteiger partial charge in [-0.15, -0.1) is 0 Å². The van der Waals surface area contributed by atoms with E-state index in [0.717, 1.165) is 5.56 Å². The highest BCUT2D eigenvalue weighted by molar-refractivity contribution is 5.79. The number of nitrogens with two attached hydrogens (primary N) is 1. The zero-order valence-corrected chi connectivity index (χ0v) is 17.2. The normalized spacial score (nSPS) is 11.8. The minimum Gasteiger partial charge on any atom is -0.449 e. The molecule has 0 aromatic heterocycles. The second-order valence-corrected chi connectivity index (χ2v) is 7.47. The van der Waals surface area contributed by atoms with Gasteiger partial charge in [0.25, 0.3) is 0 Å². The van der Waals surface area contributed by atoms with Crippen LogP contribution >= 0.6 is 0 Å². The van der Waals surface area contributed by atoms with Crippen LogP contribution in [0, 0.1) is 24.6 Å². The molecule has 0 spiro atoms.